The number of benzene rings is 1. The molecule has 0 unspecified atom stereocenters. The van der Waals surface area contributed by atoms with Gasteiger partial charge >= 0.3 is 0 Å². The molecule has 0 bridgehead atoms. The van der Waals surface area contributed by atoms with Crippen LogP contribution in [-0.2, 0) is 11.3 Å². The third kappa shape index (κ3) is 4.38. The van der Waals surface area contributed by atoms with E-state index >= 15 is 0 Å². The Kier molecular flexibility index (Phi) is 6.28. The monoisotopic (exact) mass is 451 g/mol. The zero-order valence-electron chi connectivity index (χ0n) is 19.9. The van der Waals surface area contributed by atoms with Crippen LogP contribution in [0.2, 0.25) is 0 Å². The molecule has 3 amide bonds. The fourth-order valence-electron chi connectivity index (χ4n) is 4.80. The van der Waals surface area contributed by atoms with Gasteiger partial charge in [-0.25, -0.2) is 0 Å². The molecule has 8 heteroatoms. The third-order valence-corrected chi connectivity index (χ3v) is 6.86. The lowest BCUT2D eigenvalue weighted by Crippen LogP contribution is -2.64. The number of hydrogen-bond donors (Lipinski definition) is 2. The predicted molar refractivity (Wildman–Crippen MR) is 126 cm³/mol. The second-order valence-electron chi connectivity index (χ2n) is 9.58. The molecule has 1 atom stereocenters. The van der Waals surface area contributed by atoms with Crippen molar-refractivity contribution in [1.29, 1.82) is 0 Å². The van der Waals surface area contributed by atoms with E-state index in [2.05, 4.69) is 29.6 Å². The Bertz CT molecular complexity index is 1050. The number of aromatic nitrogens is 2. The molecule has 2 aromatic rings. The van der Waals surface area contributed by atoms with Crippen LogP contribution in [0.15, 0.2) is 30.3 Å². The van der Waals surface area contributed by atoms with E-state index in [1.807, 2.05) is 31.2 Å². The van der Waals surface area contributed by atoms with Gasteiger partial charge in [0.1, 0.15) is 11.2 Å². The van der Waals surface area contributed by atoms with Crippen LogP contribution in [0.4, 0.5) is 5.69 Å². The molecule has 2 aliphatic rings. The van der Waals surface area contributed by atoms with E-state index in [0.29, 0.717) is 23.8 Å². The highest BCUT2D eigenvalue weighted by Gasteiger charge is 2.48. The number of likely N-dealkylation sites (N-methyl/N-ethyl adjacent to an activating group) is 1. The molecular weight excluding hydrogens is 418 g/mol. The van der Waals surface area contributed by atoms with Gasteiger partial charge in [-0.3, -0.25) is 19.1 Å². The number of nitrogens with zero attached hydrogens (tertiary/aromatic N) is 3. The minimum absolute atomic E-state index is 0.155. The fraction of sp³-hybridized carbons (Fsp3) is 0.520. The van der Waals surface area contributed by atoms with E-state index in [4.69, 9.17) is 0 Å². The minimum Gasteiger partial charge on any atom is -0.351 e. The molecule has 0 radical (unpaired) electrons. The van der Waals surface area contributed by atoms with Gasteiger partial charge in [0.05, 0.1) is 6.54 Å². The molecule has 0 spiro atoms. The first-order valence-corrected chi connectivity index (χ1v) is 11.8. The summed E-state index contributed by atoms with van der Waals surface area (Å²) in [7, 11) is 0. The molecule has 176 valence electrons. The van der Waals surface area contributed by atoms with Gasteiger partial charge in [-0.1, -0.05) is 38.8 Å². The summed E-state index contributed by atoms with van der Waals surface area (Å²) in [6, 6.07) is 9.35. The number of nitrogens with one attached hydrogen (secondary N) is 2. The molecule has 1 fully saturated rings. The second-order valence-corrected chi connectivity index (χ2v) is 9.58. The molecule has 4 rings (SSSR count). The van der Waals surface area contributed by atoms with Crippen molar-refractivity contribution < 1.29 is 14.4 Å². The molecular formula is C25H33N5O3. The Balaban J connectivity index is 1.54. The first-order valence-electron chi connectivity index (χ1n) is 11.8. The lowest BCUT2D eigenvalue weighted by molar-refractivity contribution is -0.133. The summed E-state index contributed by atoms with van der Waals surface area (Å²) >= 11 is 0. The fourth-order valence-corrected chi connectivity index (χ4v) is 4.80. The van der Waals surface area contributed by atoms with Crippen LogP contribution in [0.25, 0.3) is 0 Å². The molecule has 0 saturated heterocycles. The number of carbonyl (C=O) groups is 3. The SMILES string of the molecule is CCN1C(=O)c2cc(C(=O)Nc3ccc(C(C)C)cc3)nn2C[C@]1(C)C(=O)NC1CCCC1. The predicted octanol–water partition coefficient (Wildman–Crippen LogP) is 3.55. The van der Waals surface area contributed by atoms with E-state index < -0.39 is 5.54 Å². The van der Waals surface area contributed by atoms with Crippen LogP contribution in [0.1, 0.15) is 85.8 Å². The first-order chi connectivity index (χ1) is 15.7. The maximum Gasteiger partial charge on any atom is 0.276 e. The standard InChI is InChI=1S/C25H33N5O3/c1-5-29-23(32)21-14-20(22(31)26-19-12-10-17(11-13-19)16(2)3)28-30(21)15-25(29,4)24(33)27-18-8-6-7-9-18/h10-14,16,18H,5-9,15H2,1-4H3,(H,26,31)(H,27,33)/t25-/m1/s1. The van der Waals surface area contributed by atoms with Crippen LogP contribution in [0.3, 0.4) is 0 Å². The van der Waals surface area contributed by atoms with Crippen LogP contribution in [-0.4, -0.2) is 50.5 Å². The summed E-state index contributed by atoms with van der Waals surface area (Å²) in [6.45, 7) is 8.46. The van der Waals surface area contributed by atoms with Gasteiger partial charge in [-0.05, 0) is 50.3 Å². The summed E-state index contributed by atoms with van der Waals surface area (Å²) < 4.78 is 1.50. The maximum absolute atomic E-state index is 13.3. The van der Waals surface area contributed by atoms with Crippen LogP contribution in [0, 0.1) is 0 Å². The van der Waals surface area contributed by atoms with Crippen molar-refractivity contribution in [3.05, 3.63) is 47.3 Å². The summed E-state index contributed by atoms with van der Waals surface area (Å²) in [6.07, 6.45) is 4.16. The van der Waals surface area contributed by atoms with Gasteiger partial charge in [-0.2, -0.15) is 5.10 Å². The van der Waals surface area contributed by atoms with E-state index in [0.717, 1.165) is 25.7 Å². The Labute approximate surface area is 194 Å². The topological polar surface area (TPSA) is 96.3 Å². The Morgan fingerprint density at radius 1 is 1.18 bits per heavy atom. The zero-order valence-corrected chi connectivity index (χ0v) is 19.9. The molecule has 1 aromatic carbocycles. The smallest absolute Gasteiger partial charge is 0.276 e. The largest absolute Gasteiger partial charge is 0.351 e. The van der Waals surface area contributed by atoms with Crippen LogP contribution < -0.4 is 10.6 Å². The number of hydrogen-bond acceptors (Lipinski definition) is 4. The molecule has 1 aromatic heterocycles. The molecule has 1 aliphatic carbocycles. The molecule has 2 N–H and O–H groups in total. The van der Waals surface area contributed by atoms with E-state index in [-0.39, 0.29) is 36.0 Å². The number of rotatable bonds is 6. The van der Waals surface area contributed by atoms with Crippen molar-refractivity contribution in [1.82, 2.24) is 20.0 Å². The number of amides is 3. The Morgan fingerprint density at radius 2 is 1.85 bits per heavy atom. The highest BCUT2D eigenvalue weighted by atomic mass is 16.2. The van der Waals surface area contributed by atoms with E-state index in [1.165, 1.54) is 16.3 Å². The lowest BCUT2D eigenvalue weighted by Gasteiger charge is -2.43. The highest BCUT2D eigenvalue weighted by molar-refractivity contribution is 6.06. The first kappa shape index (κ1) is 23.0. The van der Waals surface area contributed by atoms with Gasteiger partial charge in [0, 0.05) is 24.3 Å². The summed E-state index contributed by atoms with van der Waals surface area (Å²) in [5.74, 6) is -0.438. The van der Waals surface area contributed by atoms with Crippen molar-refractivity contribution >= 4 is 23.4 Å². The molecule has 2 heterocycles. The van der Waals surface area contributed by atoms with Crippen molar-refractivity contribution in [3.63, 3.8) is 0 Å². The van der Waals surface area contributed by atoms with E-state index in [1.54, 1.807) is 11.8 Å². The van der Waals surface area contributed by atoms with Crippen molar-refractivity contribution in [2.75, 3.05) is 11.9 Å². The van der Waals surface area contributed by atoms with Gasteiger partial charge in [0.15, 0.2) is 5.69 Å². The molecule has 1 saturated carbocycles. The minimum atomic E-state index is -1.06. The quantitative estimate of drug-likeness (QED) is 0.702. The Hall–Kier alpha value is -3.16. The Morgan fingerprint density at radius 3 is 2.45 bits per heavy atom. The van der Waals surface area contributed by atoms with E-state index in [9.17, 15) is 14.4 Å². The van der Waals surface area contributed by atoms with Gasteiger partial charge in [0.2, 0.25) is 5.91 Å². The van der Waals surface area contributed by atoms with Gasteiger partial charge in [0.25, 0.3) is 11.8 Å². The average Bonchev–Trinajstić information content (AvgIpc) is 3.44. The second kappa shape index (κ2) is 9.00. The molecule has 33 heavy (non-hydrogen) atoms. The summed E-state index contributed by atoms with van der Waals surface area (Å²) in [5, 5.41) is 10.4. The van der Waals surface area contributed by atoms with Crippen molar-refractivity contribution in [3.8, 4) is 0 Å². The van der Waals surface area contributed by atoms with Gasteiger partial charge < -0.3 is 15.5 Å². The molecule has 8 nitrogen and oxygen atoms in total. The molecule has 1 aliphatic heterocycles. The lowest BCUT2D eigenvalue weighted by atomic mass is 9.94. The maximum atomic E-state index is 13.3. The average molecular weight is 452 g/mol. The number of fused-ring (bicyclic) bond motifs is 1. The van der Waals surface area contributed by atoms with Crippen LogP contribution in [0.5, 0.6) is 0 Å². The summed E-state index contributed by atoms with van der Waals surface area (Å²) in [5.41, 5.74) is 1.27. The normalized spacial score (nSPS) is 20.8. The zero-order chi connectivity index (χ0) is 23.8. The van der Waals surface area contributed by atoms with Crippen molar-refractivity contribution in [2.24, 2.45) is 0 Å². The third-order valence-electron chi connectivity index (χ3n) is 6.86. The van der Waals surface area contributed by atoms with Crippen LogP contribution >= 0.6 is 0 Å². The number of anilines is 1. The number of carbonyl (C=O) groups excluding carboxylic acids is 3. The highest BCUT2D eigenvalue weighted by Crippen LogP contribution is 2.29. The van der Waals surface area contributed by atoms with Gasteiger partial charge in [-0.15, -0.1) is 0 Å². The van der Waals surface area contributed by atoms with Crippen molar-refractivity contribution in [2.45, 2.75) is 77.4 Å². The summed E-state index contributed by atoms with van der Waals surface area (Å²) in [4.78, 5) is 40.9.